The second-order valence-corrected chi connectivity index (χ2v) is 5.63. The van der Waals surface area contributed by atoms with Gasteiger partial charge in [-0.2, -0.15) is 5.26 Å². The van der Waals surface area contributed by atoms with Gasteiger partial charge >= 0.3 is 0 Å². The summed E-state index contributed by atoms with van der Waals surface area (Å²) in [5.74, 6) is 1.47. The summed E-state index contributed by atoms with van der Waals surface area (Å²) in [4.78, 5) is 9.28. The first kappa shape index (κ1) is 15.7. The predicted molar refractivity (Wildman–Crippen MR) is 98.6 cm³/mol. The second kappa shape index (κ2) is 5.93. The summed E-state index contributed by atoms with van der Waals surface area (Å²) in [6.45, 7) is 0. The number of nitrogens with two attached hydrogens (primary N) is 1. The van der Waals surface area contributed by atoms with Gasteiger partial charge in [0, 0.05) is 6.07 Å². The molecule has 4 rings (SSSR count). The zero-order valence-electron chi connectivity index (χ0n) is 14.2. The van der Waals surface area contributed by atoms with Gasteiger partial charge in [-0.25, -0.2) is 9.97 Å². The molecule has 0 spiro atoms. The van der Waals surface area contributed by atoms with Crippen LogP contribution in [0.15, 0.2) is 42.5 Å². The average Bonchev–Trinajstić information content (AvgIpc) is 2.95. The largest absolute Gasteiger partial charge is 0.497 e. The van der Waals surface area contributed by atoms with E-state index in [-0.39, 0.29) is 11.4 Å². The number of hydrogen-bond donors (Lipinski definition) is 1. The van der Waals surface area contributed by atoms with E-state index in [2.05, 4.69) is 16.0 Å². The van der Waals surface area contributed by atoms with Crippen molar-refractivity contribution in [1.29, 1.82) is 5.26 Å². The predicted octanol–water partition coefficient (Wildman–Crippen LogP) is 3.04. The summed E-state index contributed by atoms with van der Waals surface area (Å²) in [5.41, 5.74) is 9.56. The second-order valence-electron chi connectivity index (χ2n) is 5.63. The van der Waals surface area contributed by atoms with Gasteiger partial charge in [-0.1, -0.05) is 12.1 Å². The van der Waals surface area contributed by atoms with Crippen LogP contribution in [0.2, 0.25) is 0 Å². The minimum absolute atomic E-state index is 0.254. The topological polar surface area (TPSA) is 99.0 Å². The Morgan fingerprint density at radius 3 is 2.42 bits per heavy atom. The molecule has 128 valence electrons. The summed E-state index contributed by atoms with van der Waals surface area (Å²) in [6, 6.07) is 15.0. The molecule has 0 unspecified atom stereocenters. The number of para-hydroxylation sites is 2. The summed E-state index contributed by atoms with van der Waals surface area (Å²) in [7, 11) is 3.15. The van der Waals surface area contributed by atoms with Crippen molar-refractivity contribution in [2.45, 2.75) is 0 Å². The van der Waals surface area contributed by atoms with Crippen LogP contribution in [0, 0.1) is 11.3 Å². The number of hydrogen-bond acceptors (Lipinski definition) is 6. The molecule has 0 aliphatic rings. The Balaban J connectivity index is 2.15. The molecule has 0 amide bonds. The molecule has 7 heteroatoms. The van der Waals surface area contributed by atoms with Gasteiger partial charge in [0.1, 0.15) is 34.5 Å². The van der Waals surface area contributed by atoms with E-state index < -0.39 is 0 Å². The molecule has 2 N–H and O–H groups in total. The molecule has 2 aromatic heterocycles. The highest BCUT2D eigenvalue weighted by atomic mass is 16.5. The molecule has 0 aliphatic carbocycles. The fourth-order valence-electron chi connectivity index (χ4n) is 2.99. The lowest BCUT2D eigenvalue weighted by Crippen LogP contribution is -2.04. The van der Waals surface area contributed by atoms with Crippen molar-refractivity contribution in [2.24, 2.45) is 0 Å². The van der Waals surface area contributed by atoms with E-state index in [1.807, 2.05) is 24.3 Å². The van der Waals surface area contributed by atoms with E-state index in [9.17, 15) is 5.26 Å². The third-order valence-corrected chi connectivity index (χ3v) is 4.24. The number of rotatable bonds is 3. The number of nitriles is 1. The minimum Gasteiger partial charge on any atom is -0.497 e. The fraction of sp³-hybridized carbons (Fsp3) is 0.105. The highest BCUT2D eigenvalue weighted by Gasteiger charge is 2.22. The molecule has 4 aromatic rings. The molecular weight excluding hydrogens is 330 g/mol. The number of ether oxygens (including phenoxy) is 2. The highest BCUT2D eigenvalue weighted by molar-refractivity contribution is 5.94. The Labute approximate surface area is 149 Å². The van der Waals surface area contributed by atoms with E-state index in [1.54, 1.807) is 37.0 Å². The van der Waals surface area contributed by atoms with Gasteiger partial charge in [-0.15, -0.1) is 0 Å². The molecule has 0 saturated carbocycles. The molecule has 2 aromatic carbocycles. The molecular formula is C19H15N5O2. The quantitative estimate of drug-likeness (QED) is 0.613. The van der Waals surface area contributed by atoms with E-state index in [4.69, 9.17) is 15.2 Å². The smallest absolute Gasteiger partial charge is 0.167 e. The van der Waals surface area contributed by atoms with Gasteiger partial charge in [0.2, 0.25) is 0 Å². The monoisotopic (exact) mass is 345 g/mol. The van der Waals surface area contributed by atoms with Crippen molar-refractivity contribution in [3.05, 3.63) is 48.0 Å². The van der Waals surface area contributed by atoms with Crippen LogP contribution in [0.5, 0.6) is 11.5 Å². The molecule has 0 bridgehead atoms. The first-order chi connectivity index (χ1) is 12.7. The lowest BCUT2D eigenvalue weighted by atomic mass is 10.2. The molecule has 2 heterocycles. The highest BCUT2D eigenvalue weighted by Crippen LogP contribution is 2.35. The Hall–Kier alpha value is -3.79. The zero-order chi connectivity index (χ0) is 18.3. The number of anilines is 1. The number of methoxy groups -OCH3 is 2. The van der Waals surface area contributed by atoms with Crippen LogP contribution in [0.25, 0.3) is 27.9 Å². The van der Waals surface area contributed by atoms with E-state index in [1.165, 1.54) is 0 Å². The van der Waals surface area contributed by atoms with Crippen molar-refractivity contribution >= 4 is 28.0 Å². The average molecular weight is 345 g/mol. The van der Waals surface area contributed by atoms with Crippen LogP contribution in [-0.2, 0) is 0 Å². The molecule has 0 saturated heterocycles. The number of nitrogen functional groups attached to an aromatic ring is 1. The minimum atomic E-state index is 0.254. The fourth-order valence-corrected chi connectivity index (χ4v) is 2.99. The number of fused-ring (bicyclic) bond motifs is 2. The first-order valence-corrected chi connectivity index (χ1v) is 7.87. The maximum Gasteiger partial charge on any atom is 0.167 e. The summed E-state index contributed by atoms with van der Waals surface area (Å²) in [5, 5.41) is 9.61. The molecule has 0 aliphatic heterocycles. The van der Waals surface area contributed by atoms with Crippen LogP contribution in [0.3, 0.4) is 0 Å². The summed E-state index contributed by atoms with van der Waals surface area (Å²) in [6.07, 6.45) is 0. The van der Waals surface area contributed by atoms with E-state index in [0.717, 1.165) is 0 Å². The SMILES string of the molecule is COc1ccc(OC)c(-n2c(N)c(C#N)c3nc4ccccc4nc32)c1. The third-order valence-electron chi connectivity index (χ3n) is 4.24. The number of benzene rings is 2. The van der Waals surface area contributed by atoms with E-state index in [0.29, 0.717) is 39.4 Å². The normalized spacial score (nSPS) is 10.8. The van der Waals surface area contributed by atoms with Crippen LogP contribution >= 0.6 is 0 Å². The van der Waals surface area contributed by atoms with Gasteiger partial charge in [0.05, 0.1) is 30.9 Å². The number of aromatic nitrogens is 3. The maximum absolute atomic E-state index is 9.61. The van der Waals surface area contributed by atoms with Gasteiger partial charge < -0.3 is 15.2 Å². The standard InChI is InChI=1S/C19H15N5O2/c1-25-11-7-8-16(26-2)15(9-11)24-18(21)12(10-20)17-19(24)23-14-6-4-3-5-13(14)22-17/h3-9H,21H2,1-2H3. The Morgan fingerprint density at radius 1 is 1.04 bits per heavy atom. The number of nitrogens with zero attached hydrogens (tertiary/aromatic N) is 4. The molecule has 0 atom stereocenters. The maximum atomic E-state index is 9.61. The van der Waals surface area contributed by atoms with Crippen molar-refractivity contribution in [1.82, 2.24) is 14.5 Å². The lowest BCUT2D eigenvalue weighted by Gasteiger charge is -2.13. The molecule has 0 fully saturated rings. The summed E-state index contributed by atoms with van der Waals surface area (Å²) < 4.78 is 12.5. The Morgan fingerprint density at radius 2 is 1.77 bits per heavy atom. The first-order valence-electron chi connectivity index (χ1n) is 7.87. The lowest BCUT2D eigenvalue weighted by molar-refractivity contribution is 0.402. The van der Waals surface area contributed by atoms with Crippen molar-refractivity contribution in [2.75, 3.05) is 20.0 Å². The zero-order valence-corrected chi connectivity index (χ0v) is 14.2. The van der Waals surface area contributed by atoms with Crippen molar-refractivity contribution in [3.63, 3.8) is 0 Å². The Bertz CT molecular complexity index is 1190. The summed E-state index contributed by atoms with van der Waals surface area (Å²) >= 11 is 0. The Kier molecular flexibility index (Phi) is 3.59. The van der Waals surface area contributed by atoms with Crippen LogP contribution in [0.1, 0.15) is 5.56 Å². The van der Waals surface area contributed by atoms with E-state index >= 15 is 0 Å². The van der Waals surface area contributed by atoms with Gasteiger partial charge in [0.25, 0.3) is 0 Å². The van der Waals surface area contributed by atoms with Crippen molar-refractivity contribution < 1.29 is 9.47 Å². The molecule has 26 heavy (non-hydrogen) atoms. The molecule has 0 radical (unpaired) electrons. The van der Waals surface area contributed by atoms with Crippen LogP contribution in [0.4, 0.5) is 5.82 Å². The van der Waals surface area contributed by atoms with Crippen LogP contribution < -0.4 is 15.2 Å². The molecule has 7 nitrogen and oxygen atoms in total. The van der Waals surface area contributed by atoms with Crippen molar-refractivity contribution in [3.8, 4) is 23.3 Å². The van der Waals surface area contributed by atoms with Crippen LogP contribution in [-0.4, -0.2) is 28.8 Å². The van der Waals surface area contributed by atoms with Gasteiger partial charge in [0.15, 0.2) is 5.65 Å². The van der Waals surface area contributed by atoms with Gasteiger partial charge in [-0.05, 0) is 24.3 Å². The van der Waals surface area contributed by atoms with Gasteiger partial charge in [-0.3, -0.25) is 4.57 Å². The third kappa shape index (κ3) is 2.20.